The predicted molar refractivity (Wildman–Crippen MR) is 89.8 cm³/mol. The van der Waals surface area contributed by atoms with Crippen LogP contribution in [0.25, 0.3) is 0 Å². The maximum Gasteiger partial charge on any atom is 0.200 e. The van der Waals surface area contributed by atoms with Crippen LogP contribution in [-0.4, -0.2) is 20.0 Å². The Kier molecular flexibility index (Phi) is 5.04. The van der Waals surface area contributed by atoms with Gasteiger partial charge in [0.25, 0.3) is 0 Å². The van der Waals surface area contributed by atoms with Crippen LogP contribution < -0.4 is 9.47 Å². The second kappa shape index (κ2) is 6.58. The first-order chi connectivity index (χ1) is 9.56. The highest BCUT2D eigenvalue weighted by Gasteiger charge is 2.19. The number of halogens is 2. The van der Waals surface area contributed by atoms with Crippen molar-refractivity contribution >= 4 is 44.3 Å². The molecule has 0 saturated carbocycles. The van der Waals surface area contributed by atoms with E-state index < -0.39 is 0 Å². The summed E-state index contributed by atoms with van der Waals surface area (Å²) in [6.07, 6.45) is 0. The highest BCUT2D eigenvalue weighted by molar-refractivity contribution is 14.1. The Morgan fingerprint density at radius 3 is 2.35 bits per heavy atom. The highest BCUT2D eigenvalue weighted by Crippen LogP contribution is 2.29. The van der Waals surface area contributed by atoms with Crippen molar-refractivity contribution in [3.8, 4) is 11.5 Å². The Morgan fingerprint density at radius 2 is 1.70 bits per heavy atom. The summed E-state index contributed by atoms with van der Waals surface area (Å²) < 4.78 is 12.4. The van der Waals surface area contributed by atoms with Gasteiger partial charge in [0.2, 0.25) is 5.78 Å². The third kappa shape index (κ3) is 3.15. The molecule has 3 nitrogen and oxygen atoms in total. The molecule has 2 aromatic carbocycles. The molecule has 5 heteroatoms. The van der Waals surface area contributed by atoms with Crippen LogP contribution in [0.3, 0.4) is 0 Å². The molecule has 0 unspecified atom stereocenters. The number of hydrogen-bond acceptors (Lipinski definition) is 3. The number of hydrogen-bond donors (Lipinski definition) is 0. The fourth-order valence-corrected chi connectivity index (χ4v) is 2.69. The van der Waals surface area contributed by atoms with E-state index in [0.717, 1.165) is 8.04 Å². The van der Waals surface area contributed by atoms with Gasteiger partial charge < -0.3 is 9.47 Å². The number of ketones is 1. The summed E-state index contributed by atoms with van der Waals surface area (Å²) in [5, 5.41) is 0. The van der Waals surface area contributed by atoms with Gasteiger partial charge in [-0.25, -0.2) is 0 Å². The third-order valence-corrected chi connectivity index (χ3v) is 3.98. The first-order valence-corrected chi connectivity index (χ1v) is 7.65. The van der Waals surface area contributed by atoms with E-state index in [4.69, 9.17) is 9.47 Å². The van der Waals surface area contributed by atoms with Gasteiger partial charge in [-0.1, -0.05) is 15.9 Å². The van der Waals surface area contributed by atoms with E-state index >= 15 is 0 Å². The molecule has 0 radical (unpaired) electrons. The van der Waals surface area contributed by atoms with Crippen molar-refractivity contribution in [2.75, 3.05) is 14.2 Å². The van der Waals surface area contributed by atoms with Crippen LogP contribution in [0.15, 0.2) is 40.9 Å². The Hall–Kier alpha value is -1.08. The minimum Gasteiger partial charge on any atom is -0.496 e. The van der Waals surface area contributed by atoms with E-state index in [-0.39, 0.29) is 5.78 Å². The lowest BCUT2D eigenvalue weighted by molar-refractivity contribution is 0.103. The van der Waals surface area contributed by atoms with E-state index in [9.17, 15) is 4.79 Å². The molecular formula is C15H12BrIO3. The SMILES string of the molecule is COc1cc(Br)ccc1C(=O)c1cc(I)ccc1OC. The zero-order valence-corrected chi connectivity index (χ0v) is 14.7. The quantitative estimate of drug-likeness (QED) is 0.518. The molecular weight excluding hydrogens is 435 g/mol. The van der Waals surface area contributed by atoms with Gasteiger partial charge in [0.1, 0.15) is 11.5 Å². The van der Waals surface area contributed by atoms with Crippen LogP contribution in [0, 0.1) is 3.57 Å². The fraction of sp³-hybridized carbons (Fsp3) is 0.133. The largest absolute Gasteiger partial charge is 0.496 e. The van der Waals surface area contributed by atoms with Crippen LogP contribution in [0.1, 0.15) is 15.9 Å². The molecule has 2 rings (SSSR count). The van der Waals surface area contributed by atoms with Gasteiger partial charge in [-0.15, -0.1) is 0 Å². The van der Waals surface area contributed by atoms with Crippen LogP contribution in [-0.2, 0) is 0 Å². The maximum absolute atomic E-state index is 12.7. The van der Waals surface area contributed by atoms with Crippen molar-refractivity contribution in [3.63, 3.8) is 0 Å². The molecule has 0 saturated heterocycles. The summed E-state index contributed by atoms with van der Waals surface area (Å²) in [5.74, 6) is 0.968. The first-order valence-electron chi connectivity index (χ1n) is 5.78. The molecule has 104 valence electrons. The van der Waals surface area contributed by atoms with Gasteiger partial charge in [-0.3, -0.25) is 4.79 Å². The zero-order chi connectivity index (χ0) is 14.7. The zero-order valence-electron chi connectivity index (χ0n) is 10.9. The molecule has 0 aromatic heterocycles. The molecule has 2 aromatic rings. The summed E-state index contributed by atoms with van der Waals surface area (Å²) in [6, 6.07) is 10.8. The van der Waals surface area contributed by atoms with Gasteiger partial charge in [0, 0.05) is 8.04 Å². The van der Waals surface area contributed by atoms with Crippen LogP contribution in [0.5, 0.6) is 11.5 Å². The van der Waals surface area contributed by atoms with Crippen molar-refractivity contribution in [1.29, 1.82) is 0 Å². The second-order valence-corrected chi connectivity index (χ2v) is 6.18. The van der Waals surface area contributed by atoms with E-state index in [2.05, 4.69) is 38.5 Å². The predicted octanol–water partition coefficient (Wildman–Crippen LogP) is 4.30. The minimum absolute atomic E-state index is 0.121. The lowest BCUT2D eigenvalue weighted by Crippen LogP contribution is -2.06. The number of ether oxygens (including phenoxy) is 2. The van der Waals surface area contributed by atoms with Gasteiger partial charge in [0.05, 0.1) is 25.3 Å². The average molecular weight is 447 g/mol. The molecule has 0 aliphatic heterocycles. The van der Waals surface area contributed by atoms with Crippen LogP contribution >= 0.6 is 38.5 Å². The van der Waals surface area contributed by atoms with Gasteiger partial charge in [-0.2, -0.15) is 0 Å². The summed E-state index contributed by atoms with van der Waals surface area (Å²) >= 11 is 5.53. The Morgan fingerprint density at radius 1 is 1.00 bits per heavy atom. The number of methoxy groups -OCH3 is 2. The fourth-order valence-electron chi connectivity index (χ4n) is 1.86. The molecule has 0 amide bonds. The van der Waals surface area contributed by atoms with Crippen LogP contribution in [0.2, 0.25) is 0 Å². The second-order valence-electron chi connectivity index (χ2n) is 4.02. The summed E-state index contributed by atoms with van der Waals surface area (Å²) in [5.41, 5.74) is 1.04. The topological polar surface area (TPSA) is 35.5 Å². The Bertz CT molecular complexity index is 656. The van der Waals surface area contributed by atoms with E-state index in [1.165, 1.54) is 0 Å². The molecule has 0 aliphatic rings. The number of carbonyl (C=O) groups excluding carboxylic acids is 1. The van der Waals surface area contributed by atoms with E-state index in [1.807, 2.05) is 18.2 Å². The maximum atomic E-state index is 12.7. The first kappa shape index (κ1) is 15.3. The van der Waals surface area contributed by atoms with Gasteiger partial charge in [0.15, 0.2) is 0 Å². The van der Waals surface area contributed by atoms with Gasteiger partial charge in [-0.05, 0) is 59.0 Å². The standard InChI is InChI=1S/C15H12BrIO3/c1-19-13-6-4-10(17)8-12(13)15(18)11-5-3-9(16)7-14(11)20-2/h3-8H,1-2H3. The van der Waals surface area contributed by atoms with Crippen molar-refractivity contribution in [2.45, 2.75) is 0 Å². The number of rotatable bonds is 4. The smallest absolute Gasteiger partial charge is 0.200 e. The minimum atomic E-state index is -0.121. The Balaban J connectivity index is 2.54. The molecule has 0 heterocycles. The number of carbonyl (C=O) groups is 1. The highest BCUT2D eigenvalue weighted by atomic mass is 127. The lowest BCUT2D eigenvalue weighted by atomic mass is 10.0. The normalized spacial score (nSPS) is 10.2. The van der Waals surface area contributed by atoms with Crippen molar-refractivity contribution in [1.82, 2.24) is 0 Å². The van der Waals surface area contributed by atoms with Crippen molar-refractivity contribution < 1.29 is 14.3 Å². The van der Waals surface area contributed by atoms with E-state index in [0.29, 0.717) is 22.6 Å². The van der Waals surface area contributed by atoms with Crippen molar-refractivity contribution in [3.05, 3.63) is 55.6 Å². The average Bonchev–Trinajstić information content (AvgIpc) is 2.46. The summed E-state index contributed by atoms with van der Waals surface area (Å²) in [7, 11) is 3.10. The molecule has 0 bridgehead atoms. The molecule has 0 spiro atoms. The summed E-state index contributed by atoms with van der Waals surface area (Å²) in [6.45, 7) is 0. The van der Waals surface area contributed by atoms with Crippen molar-refractivity contribution in [2.24, 2.45) is 0 Å². The molecule has 20 heavy (non-hydrogen) atoms. The monoisotopic (exact) mass is 446 g/mol. The molecule has 0 fully saturated rings. The van der Waals surface area contributed by atoms with E-state index in [1.54, 1.807) is 32.4 Å². The van der Waals surface area contributed by atoms with Crippen LogP contribution in [0.4, 0.5) is 0 Å². The number of benzene rings is 2. The lowest BCUT2D eigenvalue weighted by Gasteiger charge is -2.11. The molecule has 0 N–H and O–H groups in total. The molecule has 0 aliphatic carbocycles. The molecule has 0 atom stereocenters. The van der Waals surface area contributed by atoms with Gasteiger partial charge >= 0.3 is 0 Å². The third-order valence-electron chi connectivity index (χ3n) is 2.81. The summed E-state index contributed by atoms with van der Waals surface area (Å²) in [4.78, 5) is 12.7. The Labute approximate surface area is 139 Å².